The molecule has 0 saturated carbocycles. The Morgan fingerprint density at radius 2 is 1.00 bits per heavy atom. The van der Waals surface area contributed by atoms with Crippen molar-refractivity contribution in [2.75, 3.05) is 19.8 Å². The van der Waals surface area contributed by atoms with E-state index in [0.717, 1.165) is 70.6 Å². The predicted octanol–water partition coefficient (Wildman–Crippen LogP) is 12.3. The highest BCUT2D eigenvalue weighted by molar-refractivity contribution is 5.76. The summed E-state index contributed by atoms with van der Waals surface area (Å²) in [7, 11) is 0. The molecule has 7 unspecified atom stereocenters. The average Bonchev–Trinajstić information content (AvgIpc) is 3.34. The van der Waals surface area contributed by atoms with E-state index >= 15 is 0 Å². The summed E-state index contributed by atoms with van der Waals surface area (Å²) in [4.78, 5) is 25.0. The van der Waals surface area contributed by atoms with Crippen LogP contribution in [-0.4, -0.2) is 100 Å². The number of carbonyl (C=O) groups is 2. The molecule has 69 heavy (non-hydrogen) atoms. The summed E-state index contributed by atoms with van der Waals surface area (Å²) < 4.78 is 16.6. The van der Waals surface area contributed by atoms with E-state index in [1.165, 1.54) is 128 Å². The van der Waals surface area contributed by atoms with Crippen LogP contribution in [0.3, 0.4) is 0 Å². The molecule has 1 saturated heterocycles. The number of hydrogen-bond acceptors (Lipinski definition) is 10. The van der Waals surface area contributed by atoms with Gasteiger partial charge in [0.25, 0.3) is 0 Å². The van der Waals surface area contributed by atoms with Gasteiger partial charge in [0.2, 0.25) is 5.91 Å². The second kappa shape index (κ2) is 47.7. The molecule has 0 radical (unpaired) electrons. The predicted molar refractivity (Wildman–Crippen MR) is 283 cm³/mol. The van der Waals surface area contributed by atoms with Gasteiger partial charge in [0.1, 0.15) is 24.4 Å². The number of aliphatic hydroxyl groups is 5. The van der Waals surface area contributed by atoms with Crippen LogP contribution in [0.2, 0.25) is 0 Å². The molecule has 0 aromatic heterocycles. The molecule has 0 spiro atoms. The smallest absolute Gasteiger partial charge is 0.305 e. The fraction of sp³-hybridized carbons (Fsp3) is 0.793. The molecule has 6 N–H and O–H groups in total. The van der Waals surface area contributed by atoms with Crippen LogP contribution < -0.4 is 5.32 Å². The topological polar surface area (TPSA) is 175 Å². The van der Waals surface area contributed by atoms with Crippen molar-refractivity contribution < 1.29 is 49.3 Å². The number of rotatable bonds is 47. The molecule has 7 atom stereocenters. The molecule has 1 aliphatic heterocycles. The minimum Gasteiger partial charge on any atom is -0.466 e. The Balaban J connectivity index is 2.11. The highest BCUT2D eigenvalue weighted by atomic mass is 16.7. The molecule has 11 nitrogen and oxygen atoms in total. The van der Waals surface area contributed by atoms with Gasteiger partial charge in [0.15, 0.2) is 6.29 Å². The van der Waals surface area contributed by atoms with Crippen LogP contribution >= 0.6 is 0 Å². The first-order valence-electron chi connectivity index (χ1n) is 28.1. The van der Waals surface area contributed by atoms with Gasteiger partial charge in [-0.3, -0.25) is 9.59 Å². The highest BCUT2D eigenvalue weighted by Gasteiger charge is 2.44. The van der Waals surface area contributed by atoms with Gasteiger partial charge in [-0.2, -0.15) is 0 Å². The molecule has 11 heteroatoms. The monoisotopic (exact) mass is 974 g/mol. The van der Waals surface area contributed by atoms with E-state index in [1.807, 2.05) is 18.2 Å². The molecule has 1 rings (SSSR count). The van der Waals surface area contributed by atoms with Gasteiger partial charge in [0, 0.05) is 12.8 Å². The van der Waals surface area contributed by atoms with Crippen LogP contribution in [-0.2, 0) is 23.8 Å². The van der Waals surface area contributed by atoms with Gasteiger partial charge in [-0.15, -0.1) is 0 Å². The van der Waals surface area contributed by atoms with E-state index in [9.17, 15) is 35.1 Å². The number of nitrogens with one attached hydrogen (secondary N) is 1. The summed E-state index contributed by atoms with van der Waals surface area (Å²) in [5.41, 5.74) is 0. The number of unbranched alkanes of at least 4 members (excludes halogenated alkanes) is 25. The first kappa shape index (κ1) is 64.4. The van der Waals surface area contributed by atoms with Crippen LogP contribution in [0, 0.1) is 0 Å². The summed E-state index contributed by atoms with van der Waals surface area (Å²) in [6.45, 7) is 4.16. The number of esters is 1. The van der Waals surface area contributed by atoms with Crippen molar-refractivity contribution in [3.63, 3.8) is 0 Å². The zero-order valence-corrected chi connectivity index (χ0v) is 43.8. The Hall–Kier alpha value is -2.64. The Labute approximate surface area is 420 Å². The molecule has 1 amide bonds. The van der Waals surface area contributed by atoms with E-state index in [0.29, 0.717) is 19.4 Å². The van der Waals surface area contributed by atoms with Gasteiger partial charge >= 0.3 is 5.97 Å². The van der Waals surface area contributed by atoms with E-state index in [1.54, 1.807) is 6.08 Å². The van der Waals surface area contributed by atoms with Gasteiger partial charge in [-0.05, 0) is 89.9 Å². The van der Waals surface area contributed by atoms with E-state index in [2.05, 4.69) is 55.6 Å². The third kappa shape index (κ3) is 37.8. The first-order chi connectivity index (χ1) is 33.7. The second-order valence-electron chi connectivity index (χ2n) is 19.3. The maximum atomic E-state index is 12.9. The largest absolute Gasteiger partial charge is 0.466 e. The van der Waals surface area contributed by atoms with Crippen molar-refractivity contribution in [1.82, 2.24) is 5.32 Å². The zero-order valence-electron chi connectivity index (χ0n) is 43.8. The van der Waals surface area contributed by atoms with Crippen molar-refractivity contribution in [2.24, 2.45) is 0 Å². The molecule has 0 aromatic carbocycles. The third-order valence-electron chi connectivity index (χ3n) is 12.8. The first-order valence-corrected chi connectivity index (χ1v) is 28.1. The lowest BCUT2D eigenvalue weighted by Crippen LogP contribution is -2.60. The minimum absolute atomic E-state index is 0.0421. The van der Waals surface area contributed by atoms with Crippen LogP contribution in [0.5, 0.6) is 0 Å². The van der Waals surface area contributed by atoms with Crippen molar-refractivity contribution in [2.45, 2.75) is 275 Å². The fourth-order valence-electron chi connectivity index (χ4n) is 8.32. The van der Waals surface area contributed by atoms with Crippen molar-refractivity contribution in [3.05, 3.63) is 60.8 Å². The number of amides is 1. The van der Waals surface area contributed by atoms with Crippen LogP contribution in [0.4, 0.5) is 0 Å². The van der Waals surface area contributed by atoms with Crippen molar-refractivity contribution >= 4 is 11.9 Å². The Morgan fingerprint density at radius 1 is 0.536 bits per heavy atom. The quantitative estimate of drug-likeness (QED) is 0.0196. The zero-order chi connectivity index (χ0) is 50.3. The normalized spacial score (nSPS) is 19.8. The van der Waals surface area contributed by atoms with Crippen molar-refractivity contribution in [3.8, 4) is 0 Å². The molecule has 0 aliphatic carbocycles. The molecule has 0 aromatic rings. The number of hydrogen-bond donors (Lipinski definition) is 6. The summed E-state index contributed by atoms with van der Waals surface area (Å²) in [5, 5.41) is 54.0. The summed E-state index contributed by atoms with van der Waals surface area (Å²) in [6.07, 6.45) is 50.6. The molecule has 400 valence electrons. The SMILES string of the molecule is CCCCC/C=C/CC/C=C/C(O)C(COC1OC(CO)C(O)C(O)C1O)NC(=O)CC/C=C\C/C=C\CCCCCCCCOC(=O)CCCCCCCCCCC/C=C\CCCCCCCC. The molecule has 1 aliphatic rings. The number of aliphatic hydroxyl groups excluding tert-OH is 5. The average molecular weight is 974 g/mol. The Bertz CT molecular complexity index is 1330. The number of carbonyl (C=O) groups excluding carboxylic acids is 2. The van der Waals surface area contributed by atoms with Crippen LogP contribution in [0.15, 0.2) is 60.8 Å². The lowest BCUT2D eigenvalue weighted by molar-refractivity contribution is -0.302. The molecule has 0 bridgehead atoms. The highest BCUT2D eigenvalue weighted by Crippen LogP contribution is 2.23. The number of ether oxygens (including phenoxy) is 3. The molecular weight excluding hydrogens is 871 g/mol. The van der Waals surface area contributed by atoms with Crippen molar-refractivity contribution in [1.29, 1.82) is 0 Å². The lowest BCUT2D eigenvalue weighted by Gasteiger charge is -2.40. The maximum Gasteiger partial charge on any atom is 0.305 e. The second-order valence-corrected chi connectivity index (χ2v) is 19.3. The van der Waals surface area contributed by atoms with Gasteiger partial charge in [-0.25, -0.2) is 0 Å². The Kier molecular flexibility index (Phi) is 44.5. The molecular formula is C58H103NO10. The standard InChI is InChI=1S/C58H103NO10/c1-3-5-7-9-11-13-14-15-16-17-18-19-20-23-26-30-34-38-42-46-54(63)67-47-43-39-35-31-27-24-21-22-25-29-33-37-41-45-53(62)59-50(51(61)44-40-36-32-28-12-10-8-6-4-2)49-68-58-57(66)56(65)55(64)52(48-60)69-58/h12,15-16,22,25,28,33,37,40,44,50-52,55-58,60-61,64-66H,3-11,13-14,17-21,23-24,26-27,29-32,34-36,38-39,41-43,45-49H2,1-2H3,(H,59,62)/b16-15-,25-22-,28-12+,37-33-,44-40+. The fourth-order valence-corrected chi connectivity index (χ4v) is 8.32. The van der Waals surface area contributed by atoms with Crippen LogP contribution in [0.1, 0.15) is 232 Å². The van der Waals surface area contributed by atoms with Crippen LogP contribution in [0.25, 0.3) is 0 Å². The third-order valence-corrected chi connectivity index (χ3v) is 12.8. The van der Waals surface area contributed by atoms with Gasteiger partial charge < -0.3 is 45.1 Å². The molecule has 1 heterocycles. The summed E-state index contributed by atoms with van der Waals surface area (Å²) in [5.74, 6) is -0.319. The Morgan fingerprint density at radius 3 is 1.58 bits per heavy atom. The van der Waals surface area contributed by atoms with Gasteiger partial charge in [-0.1, -0.05) is 190 Å². The molecule has 1 fully saturated rings. The van der Waals surface area contributed by atoms with E-state index in [-0.39, 0.29) is 24.9 Å². The lowest BCUT2D eigenvalue weighted by atomic mass is 9.99. The van der Waals surface area contributed by atoms with E-state index in [4.69, 9.17) is 14.2 Å². The number of allylic oxidation sites excluding steroid dienone is 9. The minimum atomic E-state index is -1.59. The summed E-state index contributed by atoms with van der Waals surface area (Å²) >= 11 is 0. The summed E-state index contributed by atoms with van der Waals surface area (Å²) in [6, 6.07) is -0.871. The van der Waals surface area contributed by atoms with E-state index < -0.39 is 49.5 Å². The van der Waals surface area contributed by atoms with Gasteiger partial charge in [0.05, 0.1) is 32.0 Å². The maximum absolute atomic E-state index is 12.9.